The first-order chi connectivity index (χ1) is 11.3. The lowest BCUT2D eigenvalue weighted by Crippen LogP contribution is -2.42. The number of rotatable bonds is 9. The molecule has 7 nitrogen and oxygen atoms in total. The van der Waals surface area contributed by atoms with Gasteiger partial charge in [0.2, 0.25) is 5.91 Å². The van der Waals surface area contributed by atoms with E-state index in [-0.39, 0.29) is 25.6 Å². The molecule has 0 saturated heterocycles. The first-order valence-electron chi connectivity index (χ1n) is 7.85. The normalized spacial score (nSPS) is 11.9. The Balaban J connectivity index is 2.37. The van der Waals surface area contributed by atoms with Crippen molar-refractivity contribution in [1.82, 2.24) is 10.2 Å². The van der Waals surface area contributed by atoms with Crippen molar-refractivity contribution in [3.05, 3.63) is 29.8 Å². The van der Waals surface area contributed by atoms with Gasteiger partial charge >= 0.3 is 0 Å². The molecular formula is C17H26N2O5. The van der Waals surface area contributed by atoms with E-state index >= 15 is 0 Å². The van der Waals surface area contributed by atoms with Crippen molar-refractivity contribution in [1.29, 1.82) is 0 Å². The van der Waals surface area contributed by atoms with Gasteiger partial charge < -0.3 is 25.2 Å². The summed E-state index contributed by atoms with van der Waals surface area (Å²) in [6, 6.07) is 7.53. The standard InChI is InChI=1S/C17H26N2O5/c1-12(2)13-4-6-15(7-5-13)24-11-17(23)19(3)9-16(22)18-8-14(21)10-20/h4-7,12,14,20-21H,8-11H2,1-3H3,(H,18,22). The predicted molar refractivity (Wildman–Crippen MR) is 89.8 cm³/mol. The maximum Gasteiger partial charge on any atom is 0.260 e. The monoisotopic (exact) mass is 338 g/mol. The van der Waals surface area contributed by atoms with E-state index in [1.54, 1.807) is 0 Å². The number of carbonyl (C=O) groups excluding carboxylic acids is 2. The number of hydrogen-bond donors (Lipinski definition) is 3. The van der Waals surface area contributed by atoms with Gasteiger partial charge in [-0.15, -0.1) is 0 Å². The van der Waals surface area contributed by atoms with Crippen molar-refractivity contribution in [3.63, 3.8) is 0 Å². The van der Waals surface area contributed by atoms with E-state index in [1.165, 1.54) is 17.5 Å². The summed E-state index contributed by atoms with van der Waals surface area (Å²) in [6.45, 7) is 3.39. The molecule has 7 heteroatoms. The number of benzene rings is 1. The molecule has 0 spiro atoms. The highest BCUT2D eigenvalue weighted by Gasteiger charge is 2.14. The molecule has 3 N–H and O–H groups in total. The van der Waals surface area contributed by atoms with Gasteiger partial charge in [0, 0.05) is 13.6 Å². The SMILES string of the molecule is CC(C)c1ccc(OCC(=O)N(C)CC(=O)NCC(O)CO)cc1. The van der Waals surface area contributed by atoms with Gasteiger partial charge in [-0.2, -0.15) is 0 Å². The molecule has 1 aromatic carbocycles. The molecule has 134 valence electrons. The molecule has 1 atom stereocenters. The number of nitrogens with zero attached hydrogens (tertiary/aromatic N) is 1. The molecule has 0 fully saturated rings. The number of carbonyl (C=O) groups is 2. The quantitative estimate of drug-likeness (QED) is 0.594. The van der Waals surface area contributed by atoms with E-state index < -0.39 is 18.6 Å². The Morgan fingerprint density at radius 3 is 2.42 bits per heavy atom. The molecule has 24 heavy (non-hydrogen) atoms. The maximum atomic E-state index is 12.0. The molecule has 1 unspecified atom stereocenters. The second-order valence-electron chi connectivity index (χ2n) is 5.90. The first kappa shape index (κ1) is 19.9. The zero-order valence-corrected chi connectivity index (χ0v) is 14.4. The van der Waals surface area contributed by atoms with Crippen molar-refractivity contribution >= 4 is 11.8 Å². The lowest BCUT2D eigenvalue weighted by molar-refractivity contribution is -0.136. The highest BCUT2D eigenvalue weighted by atomic mass is 16.5. The fraction of sp³-hybridized carbons (Fsp3) is 0.529. The van der Waals surface area contributed by atoms with Crippen LogP contribution in [0.2, 0.25) is 0 Å². The average Bonchev–Trinajstić information content (AvgIpc) is 2.57. The van der Waals surface area contributed by atoms with Crippen molar-refractivity contribution in [2.75, 3.05) is 33.4 Å². The fourth-order valence-electron chi connectivity index (χ4n) is 1.86. The maximum absolute atomic E-state index is 12.0. The summed E-state index contributed by atoms with van der Waals surface area (Å²) >= 11 is 0. The number of amides is 2. The second-order valence-corrected chi connectivity index (χ2v) is 5.90. The van der Waals surface area contributed by atoms with Crippen LogP contribution in [0.25, 0.3) is 0 Å². The highest BCUT2D eigenvalue weighted by molar-refractivity contribution is 5.85. The molecule has 0 radical (unpaired) electrons. The average molecular weight is 338 g/mol. The van der Waals surface area contributed by atoms with Crippen LogP contribution >= 0.6 is 0 Å². The number of nitrogens with one attached hydrogen (secondary N) is 1. The lowest BCUT2D eigenvalue weighted by atomic mass is 10.0. The van der Waals surface area contributed by atoms with Crippen LogP contribution in [0.15, 0.2) is 24.3 Å². The largest absolute Gasteiger partial charge is 0.484 e. The Bertz CT molecular complexity index is 530. The first-order valence-corrected chi connectivity index (χ1v) is 7.85. The van der Waals surface area contributed by atoms with Crippen LogP contribution in [-0.4, -0.2) is 66.4 Å². The third-order valence-electron chi connectivity index (χ3n) is 3.46. The van der Waals surface area contributed by atoms with Crippen molar-refractivity contribution < 1.29 is 24.5 Å². The van der Waals surface area contributed by atoms with Gasteiger partial charge in [0.15, 0.2) is 6.61 Å². The fourth-order valence-corrected chi connectivity index (χ4v) is 1.86. The number of aliphatic hydroxyl groups excluding tert-OH is 2. The minimum atomic E-state index is -1.01. The van der Waals surface area contributed by atoms with Crippen LogP contribution in [0.4, 0.5) is 0 Å². The van der Waals surface area contributed by atoms with Gasteiger partial charge in [-0.25, -0.2) is 0 Å². The molecule has 0 aliphatic heterocycles. The molecule has 0 aromatic heterocycles. The van der Waals surface area contributed by atoms with Crippen LogP contribution in [0.3, 0.4) is 0 Å². The molecule has 1 rings (SSSR count). The Morgan fingerprint density at radius 1 is 1.25 bits per heavy atom. The lowest BCUT2D eigenvalue weighted by Gasteiger charge is -2.18. The number of aliphatic hydroxyl groups is 2. The summed E-state index contributed by atoms with van der Waals surface area (Å²) in [4.78, 5) is 24.8. The van der Waals surface area contributed by atoms with Gasteiger partial charge in [-0.05, 0) is 23.6 Å². The number of likely N-dealkylation sites (N-methyl/N-ethyl adjacent to an activating group) is 1. The zero-order valence-electron chi connectivity index (χ0n) is 14.4. The van der Waals surface area contributed by atoms with E-state index in [4.69, 9.17) is 14.9 Å². The van der Waals surface area contributed by atoms with E-state index in [1.807, 2.05) is 24.3 Å². The number of ether oxygens (including phenoxy) is 1. The van der Waals surface area contributed by atoms with Crippen molar-refractivity contribution in [3.8, 4) is 5.75 Å². The topological polar surface area (TPSA) is 99.1 Å². The highest BCUT2D eigenvalue weighted by Crippen LogP contribution is 2.18. The minimum Gasteiger partial charge on any atom is -0.484 e. The van der Waals surface area contributed by atoms with Gasteiger partial charge in [-0.1, -0.05) is 26.0 Å². The van der Waals surface area contributed by atoms with Gasteiger partial charge in [0.1, 0.15) is 5.75 Å². The minimum absolute atomic E-state index is 0.0595. The third kappa shape index (κ3) is 6.97. The molecule has 0 aliphatic carbocycles. The summed E-state index contributed by atoms with van der Waals surface area (Å²) in [5, 5.41) is 20.2. The Kier molecular flexibility index (Phi) is 8.21. The Labute approximate surface area is 142 Å². The molecule has 1 aromatic rings. The van der Waals surface area contributed by atoms with Crippen LogP contribution < -0.4 is 10.1 Å². The molecule has 0 heterocycles. The Morgan fingerprint density at radius 2 is 1.88 bits per heavy atom. The van der Waals surface area contributed by atoms with Crippen LogP contribution in [0.1, 0.15) is 25.3 Å². The summed E-state index contributed by atoms with van der Waals surface area (Å²) in [7, 11) is 1.50. The third-order valence-corrected chi connectivity index (χ3v) is 3.46. The van der Waals surface area contributed by atoms with Crippen LogP contribution in [0, 0.1) is 0 Å². The van der Waals surface area contributed by atoms with E-state index in [2.05, 4.69) is 19.2 Å². The van der Waals surface area contributed by atoms with Gasteiger partial charge in [0.05, 0.1) is 19.3 Å². The molecular weight excluding hydrogens is 312 g/mol. The summed E-state index contributed by atoms with van der Waals surface area (Å²) in [5.74, 6) is 0.270. The second kappa shape index (κ2) is 9.89. The van der Waals surface area contributed by atoms with Crippen LogP contribution in [0.5, 0.6) is 5.75 Å². The smallest absolute Gasteiger partial charge is 0.260 e. The molecule has 0 saturated carbocycles. The summed E-state index contributed by atoms with van der Waals surface area (Å²) < 4.78 is 5.42. The summed E-state index contributed by atoms with van der Waals surface area (Å²) in [6.07, 6.45) is -1.01. The van der Waals surface area contributed by atoms with E-state index in [0.717, 1.165) is 0 Å². The van der Waals surface area contributed by atoms with Crippen LogP contribution in [-0.2, 0) is 9.59 Å². The van der Waals surface area contributed by atoms with Crippen molar-refractivity contribution in [2.45, 2.75) is 25.9 Å². The molecule has 0 aliphatic rings. The predicted octanol–water partition coefficient (Wildman–Crippen LogP) is 0.117. The molecule has 0 bridgehead atoms. The summed E-state index contributed by atoms with van der Waals surface area (Å²) in [5.41, 5.74) is 1.19. The van der Waals surface area contributed by atoms with Gasteiger partial charge in [-0.3, -0.25) is 9.59 Å². The van der Waals surface area contributed by atoms with Gasteiger partial charge in [0.25, 0.3) is 5.91 Å². The molecule has 2 amide bonds. The van der Waals surface area contributed by atoms with Crippen molar-refractivity contribution in [2.24, 2.45) is 0 Å². The van der Waals surface area contributed by atoms with E-state index in [0.29, 0.717) is 11.7 Å². The Hall–Kier alpha value is -2.12. The van der Waals surface area contributed by atoms with E-state index in [9.17, 15) is 9.59 Å². The zero-order chi connectivity index (χ0) is 18.1. The number of hydrogen-bond acceptors (Lipinski definition) is 5.